The quantitative estimate of drug-likeness (QED) is 0.786. The van der Waals surface area contributed by atoms with Crippen molar-refractivity contribution in [3.63, 3.8) is 0 Å². The molecular weight excluding hydrogens is 341 g/mol. The summed E-state index contributed by atoms with van der Waals surface area (Å²) in [5.74, 6) is 0.865. The van der Waals surface area contributed by atoms with E-state index in [2.05, 4.69) is 21.6 Å². The van der Waals surface area contributed by atoms with Gasteiger partial charge in [-0.25, -0.2) is 9.93 Å². The normalized spacial score (nSPS) is 19.6. The molecule has 8 heteroatoms. The van der Waals surface area contributed by atoms with E-state index >= 15 is 0 Å². The van der Waals surface area contributed by atoms with Gasteiger partial charge in [0.2, 0.25) is 5.91 Å². The zero-order valence-corrected chi connectivity index (χ0v) is 14.2. The van der Waals surface area contributed by atoms with Crippen LogP contribution in [0.3, 0.4) is 0 Å². The molecule has 0 radical (unpaired) electrons. The Morgan fingerprint density at radius 2 is 2.04 bits per heavy atom. The van der Waals surface area contributed by atoms with Crippen LogP contribution in [0, 0.1) is 12.7 Å². The van der Waals surface area contributed by atoms with Crippen molar-refractivity contribution < 1.29 is 9.18 Å². The van der Waals surface area contributed by atoms with Crippen LogP contribution in [0.15, 0.2) is 47.6 Å². The monoisotopic (exact) mass is 357 g/mol. The highest BCUT2D eigenvalue weighted by Gasteiger charge is 2.34. The molecule has 3 N–H and O–H groups in total. The first-order valence-electron chi connectivity index (χ1n) is 7.77. The fraction of sp³-hybridized carbons (Fsp3) is 0.176. The van der Waals surface area contributed by atoms with Crippen LogP contribution in [0.1, 0.15) is 22.1 Å². The average molecular weight is 357 g/mol. The Balaban J connectivity index is 1.68. The Kier molecular flexibility index (Phi) is 4.06. The number of anilines is 1. The van der Waals surface area contributed by atoms with Crippen molar-refractivity contribution in [1.29, 1.82) is 0 Å². The molecule has 0 saturated carbocycles. The van der Waals surface area contributed by atoms with Crippen LogP contribution in [0.5, 0.6) is 0 Å². The number of carbonyl (C=O) groups excluding carboxylic acids is 1. The number of amidine groups is 1. The van der Waals surface area contributed by atoms with Gasteiger partial charge in [-0.1, -0.05) is 12.1 Å². The van der Waals surface area contributed by atoms with Crippen LogP contribution in [0.4, 0.5) is 10.1 Å². The summed E-state index contributed by atoms with van der Waals surface area (Å²) in [6.45, 7) is 1.97. The minimum Gasteiger partial charge on any atom is -0.295 e. The largest absolute Gasteiger partial charge is 0.295 e. The third-order valence-corrected chi connectivity index (χ3v) is 5.37. The Morgan fingerprint density at radius 3 is 2.72 bits per heavy atom. The van der Waals surface area contributed by atoms with Crippen molar-refractivity contribution in [3.8, 4) is 0 Å². The van der Waals surface area contributed by atoms with Crippen molar-refractivity contribution in [3.05, 3.63) is 65.0 Å². The topological polar surface area (TPSA) is 68.8 Å². The third-order valence-electron chi connectivity index (χ3n) is 4.16. The summed E-state index contributed by atoms with van der Waals surface area (Å²) >= 11 is 1.55. The fourth-order valence-corrected chi connectivity index (χ4v) is 4.14. The number of rotatable bonds is 3. The highest BCUT2D eigenvalue weighted by atomic mass is 32.2. The molecular formula is C17H16FN5OS. The first-order chi connectivity index (χ1) is 12.1. The third kappa shape index (κ3) is 2.94. The van der Waals surface area contributed by atoms with Crippen LogP contribution in [0.25, 0.3) is 0 Å². The minimum atomic E-state index is -0.280. The van der Waals surface area contributed by atoms with Gasteiger partial charge in [-0.2, -0.15) is 0 Å². The molecule has 0 aliphatic carbocycles. The minimum absolute atomic E-state index is 0.0508. The molecule has 0 aromatic heterocycles. The SMILES string of the molecule is Cc1cc(C2=NNNN2)ccc1N1C(=O)CSC1c1ccc(F)cc1. The summed E-state index contributed by atoms with van der Waals surface area (Å²) in [5.41, 5.74) is 11.9. The highest BCUT2D eigenvalue weighted by molar-refractivity contribution is 8.00. The second kappa shape index (κ2) is 6.38. The smallest absolute Gasteiger partial charge is 0.238 e. The number of carbonyl (C=O) groups is 1. The summed E-state index contributed by atoms with van der Waals surface area (Å²) in [6.07, 6.45) is 0. The zero-order chi connectivity index (χ0) is 17.4. The first-order valence-corrected chi connectivity index (χ1v) is 8.82. The fourth-order valence-electron chi connectivity index (χ4n) is 2.97. The number of hydrazone groups is 1. The van der Waals surface area contributed by atoms with Gasteiger partial charge in [0.15, 0.2) is 5.84 Å². The van der Waals surface area contributed by atoms with Gasteiger partial charge in [0.05, 0.1) is 5.75 Å². The van der Waals surface area contributed by atoms with Gasteiger partial charge < -0.3 is 0 Å². The molecule has 1 unspecified atom stereocenters. The van der Waals surface area contributed by atoms with Crippen molar-refractivity contribution in [2.75, 3.05) is 10.7 Å². The summed E-state index contributed by atoms with van der Waals surface area (Å²) in [7, 11) is 0. The van der Waals surface area contributed by atoms with Gasteiger partial charge in [0.25, 0.3) is 0 Å². The molecule has 2 aliphatic rings. The van der Waals surface area contributed by atoms with E-state index in [0.29, 0.717) is 11.6 Å². The number of hydrogen-bond acceptors (Lipinski definition) is 6. The molecule has 0 bridgehead atoms. The zero-order valence-electron chi connectivity index (χ0n) is 13.4. The molecule has 1 saturated heterocycles. The molecule has 1 amide bonds. The Bertz CT molecular complexity index is 855. The number of benzene rings is 2. The predicted molar refractivity (Wildman–Crippen MR) is 96.2 cm³/mol. The number of hydrogen-bond donors (Lipinski definition) is 3. The molecule has 2 aliphatic heterocycles. The molecule has 2 heterocycles. The first kappa shape index (κ1) is 15.9. The molecule has 1 atom stereocenters. The Hall–Kier alpha value is -2.58. The van der Waals surface area contributed by atoms with Gasteiger partial charge in [0, 0.05) is 11.3 Å². The van der Waals surface area contributed by atoms with Gasteiger partial charge >= 0.3 is 0 Å². The second-order valence-electron chi connectivity index (χ2n) is 5.80. The van der Waals surface area contributed by atoms with Crippen LogP contribution in [0.2, 0.25) is 0 Å². The number of amides is 1. The van der Waals surface area contributed by atoms with E-state index in [9.17, 15) is 9.18 Å². The maximum atomic E-state index is 13.2. The maximum Gasteiger partial charge on any atom is 0.238 e. The van der Waals surface area contributed by atoms with E-state index in [1.54, 1.807) is 28.8 Å². The predicted octanol–water partition coefficient (Wildman–Crippen LogP) is 2.19. The van der Waals surface area contributed by atoms with Crippen molar-refractivity contribution in [2.45, 2.75) is 12.3 Å². The Labute approximate surface area is 148 Å². The molecule has 6 nitrogen and oxygen atoms in total. The van der Waals surface area contributed by atoms with E-state index in [4.69, 9.17) is 0 Å². The molecule has 128 valence electrons. The number of thioether (sulfide) groups is 1. The molecule has 0 spiro atoms. The van der Waals surface area contributed by atoms with E-state index in [0.717, 1.165) is 22.4 Å². The van der Waals surface area contributed by atoms with Crippen LogP contribution >= 0.6 is 11.8 Å². The van der Waals surface area contributed by atoms with Crippen LogP contribution in [-0.4, -0.2) is 17.5 Å². The van der Waals surface area contributed by atoms with Gasteiger partial charge in [0.1, 0.15) is 11.2 Å². The lowest BCUT2D eigenvalue weighted by atomic mass is 10.1. The average Bonchev–Trinajstić information content (AvgIpc) is 3.26. The van der Waals surface area contributed by atoms with Crippen molar-refractivity contribution >= 4 is 29.2 Å². The maximum absolute atomic E-state index is 13.2. The van der Waals surface area contributed by atoms with Crippen molar-refractivity contribution in [2.24, 2.45) is 5.10 Å². The van der Waals surface area contributed by atoms with Gasteiger partial charge in [-0.3, -0.25) is 15.1 Å². The van der Waals surface area contributed by atoms with Crippen LogP contribution in [-0.2, 0) is 4.79 Å². The second-order valence-corrected chi connectivity index (χ2v) is 6.87. The Morgan fingerprint density at radius 1 is 1.24 bits per heavy atom. The lowest BCUT2D eigenvalue weighted by molar-refractivity contribution is -0.115. The lowest BCUT2D eigenvalue weighted by Gasteiger charge is -2.26. The molecule has 2 aromatic carbocycles. The number of hydrazine groups is 2. The summed E-state index contributed by atoms with van der Waals surface area (Å²) < 4.78 is 13.2. The standard InChI is InChI=1S/C17H16FN5OS/c1-10-8-12(16-19-21-22-20-16)4-7-14(10)23-15(24)9-25-17(23)11-2-5-13(18)6-3-11/h2-8,17,21-22H,9H2,1H3,(H,19,20). The molecule has 25 heavy (non-hydrogen) atoms. The molecule has 4 rings (SSSR count). The molecule has 1 fully saturated rings. The highest BCUT2D eigenvalue weighted by Crippen LogP contribution is 2.42. The van der Waals surface area contributed by atoms with E-state index in [-0.39, 0.29) is 17.1 Å². The van der Waals surface area contributed by atoms with Gasteiger partial charge in [-0.05, 0) is 48.4 Å². The van der Waals surface area contributed by atoms with E-state index in [1.807, 2.05) is 25.1 Å². The van der Waals surface area contributed by atoms with E-state index in [1.165, 1.54) is 12.1 Å². The number of nitrogens with zero attached hydrogens (tertiary/aromatic N) is 2. The summed E-state index contributed by atoms with van der Waals surface area (Å²) in [4.78, 5) is 14.3. The summed E-state index contributed by atoms with van der Waals surface area (Å²) in [6, 6.07) is 12.1. The number of nitrogens with one attached hydrogen (secondary N) is 3. The number of halogens is 1. The van der Waals surface area contributed by atoms with Gasteiger partial charge in [-0.15, -0.1) is 22.4 Å². The van der Waals surface area contributed by atoms with Crippen LogP contribution < -0.4 is 21.4 Å². The number of aryl methyl sites for hydroxylation is 1. The van der Waals surface area contributed by atoms with Crippen molar-refractivity contribution in [1.82, 2.24) is 16.5 Å². The summed E-state index contributed by atoms with van der Waals surface area (Å²) in [5, 5.41) is 3.93. The molecule has 2 aromatic rings. The lowest BCUT2D eigenvalue weighted by Crippen LogP contribution is -2.35. The van der Waals surface area contributed by atoms with E-state index < -0.39 is 0 Å².